The number of halogens is 1. The smallest absolute Gasteiger partial charge is 0.268 e. The van der Waals surface area contributed by atoms with Crippen molar-refractivity contribution in [1.29, 1.82) is 0 Å². The van der Waals surface area contributed by atoms with Gasteiger partial charge in [-0.1, -0.05) is 35.9 Å². The molecule has 3 aromatic carbocycles. The first kappa shape index (κ1) is 26.0. The van der Waals surface area contributed by atoms with Crippen molar-refractivity contribution in [3.8, 4) is 0 Å². The van der Waals surface area contributed by atoms with Crippen LogP contribution in [-0.4, -0.2) is 26.5 Å². The molecule has 10 heteroatoms. The van der Waals surface area contributed by atoms with Crippen LogP contribution in [0.3, 0.4) is 0 Å². The molecule has 196 valence electrons. The van der Waals surface area contributed by atoms with Crippen LogP contribution < -0.4 is 0 Å². The lowest BCUT2D eigenvalue weighted by molar-refractivity contribution is -0.385. The van der Waals surface area contributed by atoms with Crippen LogP contribution in [0, 0.1) is 26.1 Å². The fourth-order valence-corrected chi connectivity index (χ4v) is 5.15. The van der Waals surface area contributed by atoms with Crippen LogP contribution in [-0.2, 0) is 4.79 Å². The van der Waals surface area contributed by atoms with Crippen molar-refractivity contribution < 1.29 is 14.6 Å². The van der Waals surface area contributed by atoms with Gasteiger partial charge in [0, 0.05) is 41.3 Å². The molecule has 0 saturated heterocycles. The summed E-state index contributed by atoms with van der Waals surface area (Å²) >= 11 is 5.96. The Bertz CT molecular complexity index is 1510. The van der Waals surface area contributed by atoms with Gasteiger partial charge in [0.2, 0.25) is 0 Å². The van der Waals surface area contributed by atoms with Crippen LogP contribution >= 0.6 is 11.6 Å². The Morgan fingerprint density at radius 2 is 1.49 bits per heavy atom. The molecule has 0 spiro atoms. The zero-order valence-electron chi connectivity index (χ0n) is 20.6. The fraction of sp³-hybridized carbons (Fsp3) is 0.172. The number of benzene rings is 3. The standard InChI is InChI=1S/C29H23ClN4O5/c30-23-11-4-19(5-12-23)8-17-27(35)32-29(21-9-15-25(16-10-21)34(38)39)26-3-1-2-22(28(26)31-32)18-20-6-13-24(14-7-20)33(36)37/h4-18,26,29H,1-3H2. The van der Waals surface area contributed by atoms with E-state index in [0.29, 0.717) is 5.02 Å². The van der Waals surface area contributed by atoms with Crippen molar-refractivity contribution in [3.05, 3.63) is 126 Å². The van der Waals surface area contributed by atoms with Crippen LogP contribution in [0.1, 0.15) is 42.0 Å². The topological polar surface area (TPSA) is 119 Å². The first-order valence-electron chi connectivity index (χ1n) is 12.4. The Morgan fingerprint density at radius 1 is 0.897 bits per heavy atom. The summed E-state index contributed by atoms with van der Waals surface area (Å²) in [6, 6.07) is 19.2. The molecular formula is C29H23ClN4O5. The summed E-state index contributed by atoms with van der Waals surface area (Å²) in [5.41, 5.74) is 4.11. The second-order valence-electron chi connectivity index (χ2n) is 9.36. The van der Waals surface area contributed by atoms with Crippen molar-refractivity contribution in [2.75, 3.05) is 0 Å². The summed E-state index contributed by atoms with van der Waals surface area (Å²) in [6.07, 6.45) is 7.53. The molecule has 0 radical (unpaired) electrons. The molecule has 1 fully saturated rings. The highest BCUT2D eigenvalue weighted by molar-refractivity contribution is 6.30. The summed E-state index contributed by atoms with van der Waals surface area (Å²) < 4.78 is 0. The molecule has 2 unspecified atom stereocenters. The molecule has 0 bridgehead atoms. The molecular weight excluding hydrogens is 520 g/mol. The fourth-order valence-electron chi connectivity index (χ4n) is 5.02. The molecule has 0 aromatic heterocycles. The van der Waals surface area contributed by atoms with Gasteiger partial charge in [0.25, 0.3) is 17.3 Å². The first-order chi connectivity index (χ1) is 18.8. The van der Waals surface area contributed by atoms with E-state index in [0.717, 1.165) is 47.2 Å². The Morgan fingerprint density at radius 3 is 2.10 bits per heavy atom. The SMILES string of the molecule is O=C(C=Cc1ccc(Cl)cc1)N1N=C2C(=Cc3ccc([N+](=O)[O-])cc3)CCCC2C1c1ccc([N+](=O)[O-])cc1. The lowest BCUT2D eigenvalue weighted by Crippen LogP contribution is -2.31. The maximum absolute atomic E-state index is 13.5. The number of amides is 1. The Balaban J connectivity index is 1.50. The third-order valence-electron chi connectivity index (χ3n) is 6.91. The van der Waals surface area contributed by atoms with Gasteiger partial charge in [-0.2, -0.15) is 5.10 Å². The van der Waals surface area contributed by atoms with E-state index in [-0.39, 0.29) is 23.2 Å². The van der Waals surface area contributed by atoms with Gasteiger partial charge in [-0.05, 0) is 77.9 Å². The van der Waals surface area contributed by atoms with Crippen molar-refractivity contribution in [2.45, 2.75) is 25.3 Å². The summed E-state index contributed by atoms with van der Waals surface area (Å²) in [5, 5.41) is 29.1. The monoisotopic (exact) mass is 542 g/mol. The number of hydrazone groups is 1. The van der Waals surface area contributed by atoms with Crippen molar-refractivity contribution in [3.63, 3.8) is 0 Å². The molecule has 3 aromatic rings. The number of nitro benzene ring substituents is 2. The molecule has 1 saturated carbocycles. The molecule has 2 atom stereocenters. The quantitative estimate of drug-likeness (QED) is 0.189. The van der Waals surface area contributed by atoms with Crippen LogP contribution in [0.2, 0.25) is 5.02 Å². The molecule has 0 N–H and O–H groups in total. The number of rotatable bonds is 6. The van der Waals surface area contributed by atoms with Gasteiger partial charge in [0.1, 0.15) is 0 Å². The van der Waals surface area contributed by atoms with Crippen LogP contribution in [0.4, 0.5) is 11.4 Å². The van der Waals surface area contributed by atoms with Gasteiger partial charge in [0.05, 0.1) is 21.6 Å². The van der Waals surface area contributed by atoms with Crippen molar-refractivity contribution in [2.24, 2.45) is 11.0 Å². The highest BCUT2D eigenvalue weighted by Gasteiger charge is 2.43. The second-order valence-corrected chi connectivity index (χ2v) is 9.80. The largest absolute Gasteiger partial charge is 0.269 e. The minimum Gasteiger partial charge on any atom is -0.268 e. The molecule has 1 heterocycles. The number of nitro groups is 2. The zero-order valence-corrected chi connectivity index (χ0v) is 21.4. The first-order valence-corrected chi connectivity index (χ1v) is 12.7. The third-order valence-corrected chi connectivity index (χ3v) is 7.16. The molecule has 1 amide bonds. The van der Waals surface area contributed by atoms with E-state index in [4.69, 9.17) is 16.7 Å². The molecule has 1 aliphatic carbocycles. The molecule has 1 aliphatic heterocycles. The van der Waals surface area contributed by atoms with Crippen molar-refractivity contribution >= 4 is 46.7 Å². The summed E-state index contributed by atoms with van der Waals surface area (Å²) in [6.45, 7) is 0. The Kier molecular flexibility index (Phi) is 7.33. The second kappa shape index (κ2) is 11.0. The van der Waals surface area contributed by atoms with Crippen LogP contribution in [0.25, 0.3) is 12.2 Å². The van der Waals surface area contributed by atoms with E-state index in [2.05, 4.69) is 0 Å². The van der Waals surface area contributed by atoms with E-state index in [9.17, 15) is 25.0 Å². The van der Waals surface area contributed by atoms with E-state index in [1.54, 1.807) is 54.6 Å². The minimum atomic E-state index is -0.455. The van der Waals surface area contributed by atoms with E-state index in [1.165, 1.54) is 35.4 Å². The van der Waals surface area contributed by atoms with Gasteiger partial charge in [-0.3, -0.25) is 25.0 Å². The van der Waals surface area contributed by atoms with Gasteiger partial charge in [0.15, 0.2) is 0 Å². The predicted molar refractivity (Wildman–Crippen MR) is 149 cm³/mol. The number of hydrogen-bond acceptors (Lipinski definition) is 6. The van der Waals surface area contributed by atoms with Crippen LogP contribution in [0.5, 0.6) is 0 Å². The number of carbonyl (C=O) groups excluding carboxylic acids is 1. The lowest BCUT2D eigenvalue weighted by atomic mass is 9.77. The maximum Gasteiger partial charge on any atom is 0.269 e. The minimum absolute atomic E-state index is 0.0133. The number of nitrogens with zero attached hydrogens (tertiary/aromatic N) is 4. The zero-order chi connectivity index (χ0) is 27.5. The predicted octanol–water partition coefficient (Wildman–Crippen LogP) is 6.99. The number of hydrogen-bond donors (Lipinski definition) is 0. The third kappa shape index (κ3) is 5.63. The van der Waals surface area contributed by atoms with E-state index < -0.39 is 15.9 Å². The molecule has 9 nitrogen and oxygen atoms in total. The molecule has 2 aliphatic rings. The average Bonchev–Trinajstić information content (AvgIpc) is 3.34. The Hall–Kier alpha value is -4.63. The summed E-state index contributed by atoms with van der Waals surface area (Å²) in [5.74, 6) is -0.415. The Labute approximate surface area is 229 Å². The molecule has 5 rings (SSSR count). The van der Waals surface area contributed by atoms with Gasteiger partial charge in [-0.15, -0.1) is 0 Å². The van der Waals surface area contributed by atoms with Gasteiger partial charge in [-0.25, -0.2) is 5.01 Å². The highest BCUT2D eigenvalue weighted by Crippen LogP contribution is 2.44. The highest BCUT2D eigenvalue weighted by atomic mass is 35.5. The van der Waals surface area contributed by atoms with Crippen molar-refractivity contribution in [1.82, 2.24) is 5.01 Å². The number of fused-ring (bicyclic) bond motifs is 1. The maximum atomic E-state index is 13.5. The van der Waals surface area contributed by atoms with E-state index >= 15 is 0 Å². The number of allylic oxidation sites excluding steroid dienone is 1. The molecule has 39 heavy (non-hydrogen) atoms. The summed E-state index contributed by atoms with van der Waals surface area (Å²) in [7, 11) is 0. The average molecular weight is 543 g/mol. The summed E-state index contributed by atoms with van der Waals surface area (Å²) in [4.78, 5) is 34.8. The normalized spacial score (nSPS) is 19.7. The number of carbonyl (C=O) groups is 1. The van der Waals surface area contributed by atoms with E-state index in [1.807, 2.05) is 6.08 Å². The number of non-ortho nitro benzene ring substituents is 2. The van der Waals surface area contributed by atoms with Gasteiger partial charge >= 0.3 is 0 Å². The van der Waals surface area contributed by atoms with Crippen LogP contribution in [0.15, 0.2) is 89.5 Å². The lowest BCUT2D eigenvalue weighted by Gasteiger charge is -2.29. The van der Waals surface area contributed by atoms with Gasteiger partial charge < -0.3 is 0 Å².